The second kappa shape index (κ2) is 6.03. The van der Waals surface area contributed by atoms with Gasteiger partial charge in [0, 0.05) is 28.3 Å². The molecule has 0 bridgehead atoms. The van der Waals surface area contributed by atoms with Crippen LogP contribution in [-0.2, 0) is 17.1 Å². The topological polar surface area (TPSA) is 61.5 Å². The Labute approximate surface area is 142 Å². The maximum atomic E-state index is 13.8. The number of rotatable bonds is 3. The first-order chi connectivity index (χ1) is 11.6. The lowest BCUT2D eigenvalue weighted by molar-refractivity contribution is -0.0171. The van der Waals surface area contributed by atoms with E-state index in [1.54, 1.807) is 4.52 Å². The van der Waals surface area contributed by atoms with Gasteiger partial charge in [0.25, 0.3) is 5.78 Å². The van der Waals surface area contributed by atoms with Crippen LogP contribution in [0, 0.1) is 19.7 Å². The van der Waals surface area contributed by atoms with Gasteiger partial charge in [-0.15, -0.1) is 5.10 Å². The molecule has 0 unspecified atom stereocenters. The first kappa shape index (κ1) is 15.3. The number of fused-ring (bicyclic) bond motifs is 2. The first-order valence-corrected chi connectivity index (χ1v) is 8.44. The van der Waals surface area contributed by atoms with Crippen LogP contribution in [0.5, 0.6) is 5.75 Å². The number of aryl methyl sites for hydroxylation is 2. The molecule has 1 aliphatic rings. The Morgan fingerprint density at radius 3 is 3.00 bits per heavy atom. The maximum absolute atomic E-state index is 13.8. The second-order valence-corrected chi connectivity index (χ2v) is 6.54. The predicted molar refractivity (Wildman–Crippen MR) is 86.5 cm³/mol. The molecule has 3 aromatic rings. The molecular weight excluding hydrogens is 331 g/mol. The number of hydrogen-bond acceptors (Lipinski definition) is 6. The van der Waals surface area contributed by atoms with Crippen molar-refractivity contribution in [3.63, 3.8) is 0 Å². The van der Waals surface area contributed by atoms with E-state index in [-0.39, 0.29) is 12.6 Å². The van der Waals surface area contributed by atoms with Crippen molar-refractivity contribution in [3.05, 3.63) is 46.5 Å². The molecule has 0 atom stereocenters. The molecule has 0 amide bonds. The van der Waals surface area contributed by atoms with Crippen molar-refractivity contribution < 1.29 is 13.9 Å². The van der Waals surface area contributed by atoms with Crippen LogP contribution in [0.1, 0.15) is 22.5 Å². The Morgan fingerprint density at radius 2 is 2.12 bits per heavy atom. The van der Waals surface area contributed by atoms with Crippen molar-refractivity contribution in [1.82, 2.24) is 19.6 Å². The minimum Gasteiger partial charge on any atom is -0.467 e. The van der Waals surface area contributed by atoms with Crippen molar-refractivity contribution in [2.45, 2.75) is 31.4 Å². The molecule has 0 saturated heterocycles. The van der Waals surface area contributed by atoms with Gasteiger partial charge in [0.15, 0.2) is 6.79 Å². The lowest BCUT2D eigenvalue weighted by Gasteiger charge is -2.20. The van der Waals surface area contributed by atoms with E-state index in [4.69, 9.17) is 9.47 Å². The summed E-state index contributed by atoms with van der Waals surface area (Å²) in [5.41, 5.74) is 3.38. The molecule has 1 aliphatic heterocycles. The fourth-order valence-electron chi connectivity index (χ4n) is 2.72. The molecule has 0 aliphatic carbocycles. The van der Waals surface area contributed by atoms with Crippen molar-refractivity contribution in [2.75, 3.05) is 6.79 Å². The zero-order chi connectivity index (χ0) is 16.7. The van der Waals surface area contributed by atoms with Crippen LogP contribution in [0.3, 0.4) is 0 Å². The van der Waals surface area contributed by atoms with Gasteiger partial charge in [-0.1, -0.05) is 11.8 Å². The lowest BCUT2D eigenvalue weighted by Crippen LogP contribution is -2.13. The van der Waals surface area contributed by atoms with Gasteiger partial charge in [-0.3, -0.25) is 0 Å². The Balaban J connectivity index is 1.61. The molecular formula is C16H15FN4O2S. The number of thioether (sulfide) groups is 1. The largest absolute Gasteiger partial charge is 0.467 e. The molecule has 2 aromatic heterocycles. The normalized spacial score (nSPS) is 13.8. The highest BCUT2D eigenvalue weighted by Gasteiger charge is 2.18. The summed E-state index contributed by atoms with van der Waals surface area (Å²) in [4.78, 5) is 8.80. The van der Waals surface area contributed by atoms with Crippen LogP contribution in [0.25, 0.3) is 5.78 Å². The highest BCUT2D eigenvalue weighted by atomic mass is 32.2. The summed E-state index contributed by atoms with van der Waals surface area (Å²) in [6, 6.07) is 4.88. The Hall–Kier alpha value is -2.19. The number of hydrogen-bond donors (Lipinski definition) is 0. The smallest absolute Gasteiger partial charge is 0.253 e. The molecule has 3 heterocycles. The average molecular weight is 346 g/mol. The van der Waals surface area contributed by atoms with E-state index in [0.717, 1.165) is 22.5 Å². The van der Waals surface area contributed by atoms with Crippen molar-refractivity contribution in [2.24, 2.45) is 0 Å². The lowest BCUT2D eigenvalue weighted by atomic mass is 10.1. The van der Waals surface area contributed by atoms with Gasteiger partial charge in [0.1, 0.15) is 11.6 Å². The van der Waals surface area contributed by atoms with Crippen LogP contribution < -0.4 is 4.74 Å². The van der Waals surface area contributed by atoms with Gasteiger partial charge in [0.2, 0.25) is 5.16 Å². The van der Waals surface area contributed by atoms with E-state index in [2.05, 4.69) is 15.1 Å². The number of benzene rings is 1. The van der Waals surface area contributed by atoms with Crippen LogP contribution in [0.4, 0.5) is 4.39 Å². The zero-order valence-electron chi connectivity index (χ0n) is 13.2. The molecule has 124 valence electrons. The molecule has 0 saturated carbocycles. The van der Waals surface area contributed by atoms with Crippen LogP contribution in [-0.4, -0.2) is 26.4 Å². The SMILES string of the molecule is Cc1cc(C)n2nc(SCc3cc(F)cc4c3OCOC4)nc2n1. The quantitative estimate of drug-likeness (QED) is 0.680. The molecule has 8 heteroatoms. The van der Waals surface area contributed by atoms with E-state index in [0.29, 0.717) is 29.0 Å². The fraction of sp³-hybridized carbons (Fsp3) is 0.312. The van der Waals surface area contributed by atoms with Gasteiger partial charge in [-0.05, 0) is 32.0 Å². The van der Waals surface area contributed by atoms with Gasteiger partial charge in [-0.2, -0.15) is 4.98 Å². The monoisotopic (exact) mass is 346 g/mol. The molecule has 4 rings (SSSR count). The van der Waals surface area contributed by atoms with E-state index < -0.39 is 0 Å². The minimum absolute atomic E-state index is 0.186. The highest BCUT2D eigenvalue weighted by molar-refractivity contribution is 7.98. The summed E-state index contributed by atoms with van der Waals surface area (Å²) in [7, 11) is 0. The molecule has 0 spiro atoms. The van der Waals surface area contributed by atoms with E-state index in [1.165, 1.54) is 23.9 Å². The summed E-state index contributed by atoms with van der Waals surface area (Å²) in [6.07, 6.45) is 0. The number of ether oxygens (including phenoxy) is 2. The first-order valence-electron chi connectivity index (χ1n) is 7.46. The molecule has 24 heavy (non-hydrogen) atoms. The number of aromatic nitrogens is 4. The Kier molecular flexibility index (Phi) is 3.85. The van der Waals surface area contributed by atoms with Gasteiger partial charge >= 0.3 is 0 Å². The van der Waals surface area contributed by atoms with Gasteiger partial charge < -0.3 is 9.47 Å². The second-order valence-electron chi connectivity index (χ2n) is 5.60. The maximum Gasteiger partial charge on any atom is 0.253 e. The van der Waals surface area contributed by atoms with Crippen LogP contribution in [0.15, 0.2) is 23.4 Å². The summed E-state index contributed by atoms with van der Waals surface area (Å²) >= 11 is 1.42. The Morgan fingerprint density at radius 1 is 1.25 bits per heavy atom. The molecule has 0 N–H and O–H groups in total. The van der Waals surface area contributed by atoms with Crippen molar-refractivity contribution >= 4 is 17.5 Å². The third-order valence-electron chi connectivity index (χ3n) is 3.71. The third-order valence-corrected chi connectivity index (χ3v) is 4.59. The van der Waals surface area contributed by atoms with Crippen LogP contribution >= 0.6 is 11.8 Å². The fourth-order valence-corrected chi connectivity index (χ4v) is 3.50. The summed E-state index contributed by atoms with van der Waals surface area (Å²) < 4.78 is 26.2. The van der Waals surface area contributed by atoms with E-state index >= 15 is 0 Å². The van der Waals surface area contributed by atoms with E-state index in [9.17, 15) is 4.39 Å². The summed E-state index contributed by atoms with van der Waals surface area (Å²) in [6.45, 7) is 4.43. The van der Waals surface area contributed by atoms with Crippen molar-refractivity contribution in [1.29, 1.82) is 0 Å². The minimum atomic E-state index is -0.297. The highest BCUT2D eigenvalue weighted by Crippen LogP contribution is 2.33. The standard InChI is InChI=1S/C16H15FN4O2S/c1-9-3-10(2)21-15(18-9)19-16(20-21)24-7-12-5-13(17)4-11-6-22-8-23-14(11)12/h3-5H,6-8H2,1-2H3. The van der Waals surface area contributed by atoms with E-state index in [1.807, 2.05) is 19.9 Å². The summed E-state index contributed by atoms with van der Waals surface area (Å²) in [5, 5.41) is 5.05. The molecule has 0 fully saturated rings. The number of nitrogens with zero attached hydrogens (tertiary/aromatic N) is 4. The Bertz CT molecular complexity index is 928. The average Bonchev–Trinajstić information content (AvgIpc) is 2.95. The number of halogens is 1. The molecule has 6 nitrogen and oxygen atoms in total. The predicted octanol–water partition coefficient (Wildman–Crippen LogP) is 3.04. The van der Waals surface area contributed by atoms with Crippen molar-refractivity contribution in [3.8, 4) is 5.75 Å². The van der Waals surface area contributed by atoms with Gasteiger partial charge in [-0.25, -0.2) is 13.9 Å². The summed E-state index contributed by atoms with van der Waals surface area (Å²) in [5.74, 6) is 1.48. The molecule has 1 aromatic carbocycles. The van der Waals surface area contributed by atoms with Crippen LogP contribution in [0.2, 0.25) is 0 Å². The van der Waals surface area contributed by atoms with Gasteiger partial charge in [0.05, 0.1) is 6.61 Å². The zero-order valence-corrected chi connectivity index (χ0v) is 14.1. The molecule has 0 radical (unpaired) electrons. The third kappa shape index (κ3) is 2.83.